The number of carboxylic acids is 1. The van der Waals surface area contributed by atoms with E-state index in [1.165, 1.54) is 12.1 Å². The summed E-state index contributed by atoms with van der Waals surface area (Å²) in [5, 5.41) is 10.8. The van der Waals surface area contributed by atoms with Gasteiger partial charge in [-0.25, -0.2) is 8.42 Å². The van der Waals surface area contributed by atoms with Crippen LogP contribution in [-0.2, 0) is 14.8 Å². The summed E-state index contributed by atoms with van der Waals surface area (Å²) in [6, 6.07) is 11.6. The van der Waals surface area contributed by atoms with E-state index >= 15 is 0 Å². The Balaban J connectivity index is 2.52. The molecule has 0 heterocycles. The topological polar surface area (TPSA) is 77.5 Å². The van der Waals surface area contributed by atoms with Crippen molar-refractivity contribution in [1.29, 1.82) is 0 Å². The zero-order valence-electron chi connectivity index (χ0n) is 13.3. The molecule has 5 nitrogen and oxygen atoms in total. The molecule has 7 heteroatoms. The molecule has 2 rings (SSSR count). The maximum Gasteiger partial charge on any atom is 0.264 e. The van der Waals surface area contributed by atoms with Gasteiger partial charge in [0.2, 0.25) is 0 Å². The van der Waals surface area contributed by atoms with Crippen molar-refractivity contribution in [2.45, 2.75) is 25.2 Å². The van der Waals surface area contributed by atoms with Gasteiger partial charge in [-0.3, -0.25) is 4.31 Å². The average molecular weight is 411 g/mol. The monoisotopic (exact) mass is 410 g/mol. The van der Waals surface area contributed by atoms with E-state index in [9.17, 15) is 18.3 Å². The quantitative estimate of drug-likeness (QED) is 0.732. The molecule has 0 N–H and O–H groups in total. The Kier molecular flexibility index (Phi) is 5.66. The lowest BCUT2D eigenvalue weighted by Gasteiger charge is -2.25. The van der Waals surface area contributed by atoms with Crippen LogP contribution in [0.15, 0.2) is 51.8 Å². The van der Waals surface area contributed by atoms with Crippen molar-refractivity contribution in [2.24, 2.45) is 0 Å². The molecule has 0 bridgehead atoms. The van der Waals surface area contributed by atoms with Crippen LogP contribution in [0, 0.1) is 13.8 Å². The molecule has 128 valence electrons. The van der Waals surface area contributed by atoms with Gasteiger partial charge in [-0.15, -0.1) is 0 Å². The fraction of sp³-hybridized carbons (Fsp3) is 0.235. The van der Waals surface area contributed by atoms with Crippen LogP contribution in [0.5, 0.6) is 0 Å². The number of rotatable bonds is 6. The van der Waals surface area contributed by atoms with Crippen LogP contribution in [0.3, 0.4) is 0 Å². The maximum absolute atomic E-state index is 13.0. The van der Waals surface area contributed by atoms with Gasteiger partial charge in [0.15, 0.2) is 0 Å². The van der Waals surface area contributed by atoms with E-state index in [0.29, 0.717) is 5.69 Å². The molecule has 0 saturated heterocycles. The molecule has 2 aromatic carbocycles. The third-order valence-electron chi connectivity index (χ3n) is 3.42. The van der Waals surface area contributed by atoms with E-state index in [0.717, 1.165) is 19.9 Å². The number of hydrogen-bond acceptors (Lipinski definition) is 4. The lowest BCUT2D eigenvalue weighted by Crippen LogP contribution is -2.35. The summed E-state index contributed by atoms with van der Waals surface area (Å²) < 4.78 is 27.8. The first-order valence-corrected chi connectivity index (χ1v) is 9.50. The number of anilines is 1. The molecule has 0 amide bonds. The van der Waals surface area contributed by atoms with Crippen LogP contribution in [0.4, 0.5) is 5.69 Å². The summed E-state index contributed by atoms with van der Waals surface area (Å²) in [6.45, 7) is 3.53. The lowest BCUT2D eigenvalue weighted by atomic mass is 10.1. The van der Waals surface area contributed by atoms with Gasteiger partial charge in [0.1, 0.15) is 0 Å². The number of carboxylic acid groups (broad SMARTS) is 1. The third-order valence-corrected chi connectivity index (χ3v) is 5.79. The molecule has 0 unspecified atom stereocenters. The predicted molar refractivity (Wildman–Crippen MR) is 94.2 cm³/mol. The molecule has 0 aliphatic carbocycles. The fourth-order valence-corrected chi connectivity index (χ4v) is 4.12. The molecule has 0 aliphatic heterocycles. The Bertz CT molecular complexity index is 827. The average Bonchev–Trinajstić information content (AvgIpc) is 2.46. The van der Waals surface area contributed by atoms with Crippen molar-refractivity contribution in [1.82, 2.24) is 0 Å². The maximum atomic E-state index is 13.0. The Hall–Kier alpha value is -1.86. The lowest BCUT2D eigenvalue weighted by molar-refractivity contribution is -0.305. The van der Waals surface area contributed by atoms with Gasteiger partial charge < -0.3 is 9.90 Å². The van der Waals surface area contributed by atoms with E-state index in [1.807, 2.05) is 19.9 Å². The Morgan fingerprint density at radius 3 is 2.12 bits per heavy atom. The molecule has 0 aromatic heterocycles. The first-order valence-electron chi connectivity index (χ1n) is 7.26. The second-order valence-electron chi connectivity index (χ2n) is 5.50. The number of halogens is 1. The standard InChI is InChI=1S/C17H18BrNO4S/c1-12-9-13(2)11-15(10-12)19(8-7-17(20)21)24(22,23)16-5-3-14(18)4-6-16/h3-6,9-11H,7-8H2,1-2H3,(H,20,21)/p-1. The van der Waals surface area contributed by atoms with Crippen molar-refractivity contribution >= 4 is 37.6 Å². The molecule has 0 saturated carbocycles. The molecule has 0 fully saturated rings. The number of nitrogens with zero attached hydrogens (tertiary/aromatic N) is 1. The number of hydrogen-bond donors (Lipinski definition) is 0. The Labute approximate surface area is 150 Å². The number of aliphatic carboxylic acids is 1. The minimum absolute atomic E-state index is 0.100. The molecule has 0 aliphatic rings. The number of benzene rings is 2. The second-order valence-corrected chi connectivity index (χ2v) is 8.28. The Morgan fingerprint density at radius 1 is 1.08 bits per heavy atom. The highest BCUT2D eigenvalue weighted by atomic mass is 79.9. The summed E-state index contributed by atoms with van der Waals surface area (Å²) >= 11 is 3.27. The van der Waals surface area contributed by atoms with Crippen molar-refractivity contribution in [3.05, 3.63) is 58.1 Å². The first kappa shape index (κ1) is 18.5. The van der Waals surface area contributed by atoms with Crippen LogP contribution in [0.2, 0.25) is 0 Å². The highest BCUT2D eigenvalue weighted by Crippen LogP contribution is 2.27. The van der Waals surface area contributed by atoms with Gasteiger partial charge in [-0.05, 0) is 61.4 Å². The fourth-order valence-electron chi connectivity index (χ4n) is 2.41. The number of carbonyl (C=O) groups is 1. The summed E-state index contributed by atoms with van der Waals surface area (Å²) in [4.78, 5) is 10.9. The van der Waals surface area contributed by atoms with Crippen LogP contribution < -0.4 is 9.41 Å². The largest absolute Gasteiger partial charge is 0.550 e. The van der Waals surface area contributed by atoms with Crippen LogP contribution in [0.1, 0.15) is 17.5 Å². The normalized spacial score (nSPS) is 11.3. The molecule has 0 spiro atoms. The van der Waals surface area contributed by atoms with E-state index < -0.39 is 16.0 Å². The van der Waals surface area contributed by atoms with Gasteiger partial charge in [0, 0.05) is 23.4 Å². The minimum atomic E-state index is -3.88. The zero-order valence-corrected chi connectivity index (χ0v) is 15.7. The van der Waals surface area contributed by atoms with Crippen molar-refractivity contribution in [3.63, 3.8) is 0 Å². The van der Waals surface area contributed by atoms with Crippen LogP contribution >= 0.6 is 15.9 Å². The van der Waals surface area contributed by atoms with Gasteiger partial charge >= 0.3 is 0 Å². The van der Waals surface area contributed by atoms with E-state index in [4.69, 9.17) is 0 Å². The van der Waals surface area contributed by atoms with E-state index in [2.05, 4.69) is 15.9 Å². The molecular formula is C17H17BrNO4S-. The minimum Gasteiger partial charge on any atom is -0.550 e. The van der Waals surface area contributed by atoms with Crippen molar-refractivity contribution in [3.8, 4) is 0 Å². The van der Waals surface area contributed by atoms with Crippen molar-refractivity contribution in [2.75, 3.05) is 10.8 Å². The summed E-state index contributed by atoms with van der Waals surface area (Å²) in [5.41, 5.74) is 2.24. The number of aryl methyl sites for hydroxylation is 2. The van der Waals surface area contributed by atoms with Crippen LogP contribution in [0.25, 0.3) is 0 Å². The molecule has 2 aromatic rings. The van der Waals surface area contributed by atoms with Gasteiger partial charge in [-0.1, -0.05) is 22.0 Å². The molecule has 24 heavy (non-hydrogen) atoms. The molecule has 0 atom stereocenters. The molecule has 0 radical (unpaired) electrons. The molecular weight excluding hydrogens is 394 g/mol. The van der Waals surface area contributed by atoms with Crippen molar-refractivity contribution < 1.29 is 18.3 Å². The summed E-state index contributed by atoms with van der Waals surface area (Å²) in [6.07, 6.45) is -0.386. The van der Waals surface area contributed by atoms with E-state index in [-0.39, 0.29) is 17.9 Å². The van der Waals surface area contributed by atoms with Crippen LogP contribution in [-0.4, -0.2) is 20.9 Å². The number of sulfonamides is 1. The highest BCUT2D eigenvalue weighted by Gasteiger charge is 2.25. The smallest absolute Gasteiger partial charge is 0.264 e. The first-order chi connectivity index (χ1) is 11.2. The predicted octanol–water partition coefficient (Wildman–Crippen LogP) is 2.40. The SMILES string of the molecule is Cc1cc(C)cc(N(CCC(=O)[O-])S(=O)(=O)c2ccc(Br)cc2)c1. The van der Waals surface area contributed by atoms with E-state index in [1.54, 1.807) is 24.3 Å². The second kappa shape index (κ2) is 7.36. The third kappa shape index (κ3) is 4.36. The number of carbonyl (C=O) groups excluding carboxylic acids is 1. The van der Waals surface area contributed by atoms with Gasteiger partial charge in [0.25, 0.3) is 10.0 Å². The zero-order chi connectivity index (χ0) is 17.9. The van der Waals surface area contributed by atoms with Gasteiger partial charge in [0.05, 0.1) is 10.6 Å². The summed E-state index contributed by atoms with van der Waals surface area (Å²) in [7, 11) is -3.88. The summed E-state index contributed by atoms with van der Waals surface area (Å²) in [5.74, 6) is -1.30. The Morgan fingerprint density at radius 2 is 1.62 bits per heavy atom. The van der Waals surface area contributed by atoms with Gasteiger partial charge in [-0.2, -0.15) is 0 Å². The highest BCUT2D eigenvalue weighted by molar-refractivity contribution is 9.10.